The van der Waals surface area contributed by atoms with E-state index in [4.69, 9.17) is 0 Å². The molecule has 262 valence electrons. The molecule has 6 aromatic rings. The number of aromatic nitrogens is 1. The van der Waals surface area contributed by atoms with Gasteiger partial charge in [0.05, 0.1) is 17.5 Å². The Balaban J connectivity index is 1.34. The van der Waals surface area contributed by atoms with E-state index < -0.39 is 41.2 Å². The van der Waals surface area contributed by atoms with Gasteiger partial charge in [-0.3, -0.25) is 25.2 Å². The van der Waals surface area contributed by atoms with Crippen LogP contribution in [0.3, 0.4) is 0 Å². The summed E-state index contributed by atoms with van der Waals surface area (Å²) in [5.41, 5.74) is 8.15. The van der Waals surface area contributed by atoms with Crippen molar-refractivity contribution < 1.29 is 19.5 Å². The van der Waals surface area contributed by atoms with Crippen molar-refractivity contribution in [2.75, 3.05) is 4.43 Å². The van der Waals surface area contributed by atoms with Crippen LogP contribution in [0.25, 0.3) is 10.9 Å². The minimum Gasteiger partial charge on any atom is -0.392 e. The Morgan fingerprint density at radius 3 is 1.73 bits per heavy atom. The number of aliphatic hydroxyl groups excluding tert-OH is 1. The van der Waals surface area contributed by atoms with Crippen LogP contribution >= 0.6 is 22.6 Å². The van der Waals surface area contributed by atoms with Gasteiger partial charge in [-0.05, 0) is 40.8 Å². The van der Waals surface area contributed by atoms with Gasteiger partial charge in [-0.1, -0.05) is 168 Å². The van der Waals surface area contributed by atoms with Crippen LogP contribution in [0.5, 0.6) is 0 Å². The Morgan fingerprint density at radius 2 is 1.17 bits per heavy atom. The summed E-state index contributed by atoms with van der Waals surface area (Å²) in [7, 11) is 0. The average molecular weight is 803 g/mol. The fourth-order valence-corrected chi connectivity index (χ4v) is 7.35. The lowest BCUT2D eigenvalue weighted by atomic mass is 9.76. The molecule has 0 saturated carbocycles. The van der Waals surface area contributed by atoms with E-state index in [-0.39, 0.29) is 12.1 Å². The fourth-order valence-electron chi connectivity index (χ4n) is 6.69. The molecule has 5 aromatic carbocycles. The number of para-hydroxylation sites is 1. The number of alkyl halides is 1. The van der Waals surface area contributed by atoms with Gasteiger partial charge in [-0.25, -0.2) is 4.98 Å². The fraction of sp³-hybridized carbons (Fsp3) is 0.163. The first-order chi connectivity index (χ1) is 25.4. The predicted molar refractivity (Wildman–Crippen MR) is 211 cm³/mol. The molecule has 9 heteroatoms. The van der Waals surface area contributed by atoms with E-state index in [1.807, 2.05) is 140 Å². The quantitative estimate of drug-likeness (QED) is 0.0445. The van der Waals surface area contributed by atoms with Crippen LogP contribution < -0.4 is 16.2 Å². The van der Waals surface area contributed by atoms with Crippen LogP contribution in [0, 0.1) is 11.8 Å². The molecule has 0 fully saturated rings. The Bertz CT molecular complexity index is 2000. The molecule has 1 unspecified atom stereocenters. The maximum absolute atomic E-state index is 14.6. The van der Waals surface area contributed by atoms with E-state index in [9.17, 15) is 19.5 Å². The SMILES string of the molecule is O=C(C[C@H](C(=O)NNC(=O)c1ccc2ccccc2n1)[C@H](Cc1ccccc1)C(O)CI)NC(c1ccccc1)(c1ccccc1)c1ccccc1. The largest absolute Gasteiger partial charge is 0.392 e. The summed E-state index contributed by atoms with van der Waals surface area (Å²) >= 11 is 2.09. The Kier molecular flexibility index (Phi) is 12.1. The molecule has 3 atom stereocenters. The molecule has 4 N–H and O–H groups in total. The second-order valence-corrected chi connectivity index (χ2v) is 13.5. The van der Waals surface area contributed by atoms with E-state index in [0.717, 1.165) is 27.6 Å². The summed E-state index contributed by atoms with van der Waals surface area (Å²) in [6, 6.07) is 49.5. The Morgan fingerprint density at radius 1 is 0.654 bits per heavy atom. The highest BCUT2D eigenvalue weighted by atomic mass is 127. The summed E-state index contributed by atoms with van der Waals surface area (Å²) in [5.74, 6) is -3.31. The summed E-state index contributed by atoms with van der Waals surface area (Å²) in [5, 5.41) is 15.6. The molecule has 52 heavy (non-hydrogen) atoms. The van der Waals surface area contributed by atoms with Gasteiger partial charge in [-0.15, -0.1) is 0 Å². The monoisotopic (exact) mass is 802 g/mol. The van der Waals surface area contributed by atoms with Gasteiger partial charge >= 0.3 is 0 Å². The standard InChI is InChI=1S/C43H39IN4O4/c44-29-39(49)35(27-30-15-5-1-6-16-30)36(41(51)47-48-42(52)38-26-25-31-17-13-14-24-37(31)45-38)28-40(50)46-43(32-18-7-2-8-19-32,33-20-9-3-10-21-33)34-22-11-4-12-23-34/h1-26,35-36,39,49H,27-29H2,(H,46,50)(H,47,51)(H,48,52)/t35-,36-,39?/m0/s1. The zero-order valence-electron chi connectivity index (χ0n) is 28.4. The number of hydrazine groups is 1. The molecule has 1 aromatic heterocycles. The number of amides is 3. The second kappa shape index (κ2) is 17.2. The molecular weight excluding hydrogens is 763 g/mol. The van der Waals surface area contributed by atoms with Crippen LogP contribution in [0.4, 0.5) is 0 Å². The van der Waals surface area contributed by atoms with Crippen molar-refractivity contribution in [1.29, 1.82) is 0 Å². The smallest absolute Gasteiger partial charge is 0.288 e. The van der Waals surface area contributed by atoms with Crippen LogP contribution in [-0.4, -0.2) is 38.3 Å². The van der Waals surface area contributed by atoms with Crippen molar-refractivity contribution in [3.63, 3.8) is 0 Å². The number of halogens is 1. The van der Waals surface area contributed by atoms with Gasteiger partial charge in [0.25, 0.3) is 5.91 Å². The number of nitrogens with one attached hydrogen (secondary N) is 3. The second-order valence-electron chi connectivity index (χ2n) is 12.6. The van der Waals surface area contributed by atoms with Crippen molar-refractivity contribution >= 4 is 51.2 Å². The normalized spacial score (nSPS) is 13.0. The molecule has 1 heterocycles. The number of fused-ring (bicyclic) bond motifs is 1. The highest BCUT2D eigenvalue weighted by Crippen LogP contribution is 2.37. The number of carbonyl (C=O) groups is 3. The molecule has 0 radical (unpaired) electrons. The van der Waals surface area contributed by atoms with Crippen LogP contribution in [0.1, 0.15) is 39.2 Å². The van der Waals surface area contributed by atoms with E-state index in [2.05, 4.69) is 43.7 Å². The van der Waals surface area contributed by atoms with Gasteiger partial charge in [0.2, 0.25) is 11.8 Å². The first kappa shape index (κ1) is 36.4. The van der Waals surface area contributed by atoms with Crippen molar-refractivity contribution in [1.82, 2.24) is 21.2 Å². The third-order valence-electron chi connectivity index (χ3n) is 9.30. The zero-order valence-corrected chi connectivity index (χ0v) is 30.5. The lowest BCUT2D eigenvalue weighted by molar-refractivity contribution is -0.134. The molecule has 6 rings (SSSR count). The minimum absolute atomic E-state index is 0.125. The average Bonchev–Trinajstić information content (AvgIpc) is 3.21. The topological polar surface area (TPSA) is 120 Å². The first-order valence-corrected chi connectivity index (χ1v) is 18.6. The number of aliphatic hydroxyl groups is 1. The number of pyridine rings is 1. The maximum Gasteiger partial charge on any atom is 0.288 e. The summed E-state index contributed by atoms with van der Waals surface area (Å²) in [6.45, 7) is 0. The van der Waals surface area contributed by atoms with Gasteiger partial charge in [0.15, 0.2) is 0 Å². The molecule has 0 aliphatic heterocycles. The van der Waals surface area contributed by atoms with Gasteiger partial charge in [0, 0.05) is 22.2 Å². The Hall–Kier alpha value is -5.39. The number of rotatable bonds is 13. The third kappa shape index (κ3) is 8.38. The van der Waals surface area contributed by atoms with Crippen LogP contribution in [-0.2, 0) is 21.5 Å². The molecule has 8 nitrogen and oxygen atoms in total. The van der Waals surface area contributed by atoms with E-state index >= 15 is 0 Å². The molecule has 0 spiro atoms. The van der Waals surface area contributed by atoms with Crippen LogP contribution in [0.15, 0.2) is 158 Å². The number of nitrogens with zero attached hydrogens (tertiary/aromatic N) is 1. The summed E-state index contributed by atoms with van der Waals surface area (Å²) in [4.78, 5) is 46.5. The molecule has 0 bridgehead atoms. The number of hydrogen-bond donors (Lipinski definition) is 4. The number of carbonyl (C=O) groups excluding carboxylic acids is 3. The van der Waals surface area contributed by atoms with Gasteiger partial charge in [-0.2, -0.15) is 0 Å². The third-order valence-corrected chi connectivity index (χ3v) is 10.2. The molecular formula is C43H39IN4O4. The highest BCUT2D eigenvalue weighted by molar-refractivity contribution is 14.1. The first-order valence-electron chi connectivity index (χ1n) is 17.1. The Labute approximate surface area is 316 Å². The molecule has 3 amide bonds. The van der Waals surface area contributed by atoms with E-state index in [0.29, 0.717) is 16.4 Å². The minimum atomic E-state index is -1.10. The van der Waals surface area contributed by atoms with Crippen molar-refractivity contribution in [3.05, 3.63) is 186 Å². The maximum atomic E-state index is 14.6. The van der Waals surface area contributed by atoms with Crippen molar-refractivity contribution in [2.45, 2.75) is 24.5 Å². The lowest BCUT2D eigenvalue weighted by Crippen LogP contribution is -2.52. The van der Waals surface area contributed by atoms with Crippen molar-refractivity contribution in [3.8, 4) is 0 Å². The van der Waals surface area contributed by atoms with E-state index in [1.54, 1.807) is 18.2 Å². The predicted octanol–water partition coefficient (Wildman–Crippen LogP) is 6.77. The van der Waals surface area contributed by atoms with Crippen molar-refractivity contribution in [2.24, 2.45) is 11.8 Å². The van der Waals surface area contributed by atoms with Crippen LogP contribution in [0.2, 0.25) is 0 Å². The van der Waals surface area contributed by atoms with Gasteiger partial charge in [0.1, 0.15) is 11.2 Å². The molecule has 0 aliphatic rings. The highest BCUT2D eigenvalue weighted by Gasteiger charge is 2.41. The zero-order chi connectivity index (χ0) is 36.3. The lowest BCUT2D eigenvalue weighted by Gasteiger charge is -2.38. The van der Waals surface area contributed by atoms with Gasteiger partial charge < -0.3 is 10.4 Å². The summed E-state index contributed by atoms with van der Waals surface area (Å²) in [6.07, 6.45) is -0.864. The molecule has 0 aliphatic carbocycles. The molecule has 0 saturated heterocycles. The number of benzene rings is 5. The number of hydrogen-bond acceptors (Lipinski definition) is 5. The summed E-state index contributed by atoms with van der Waals surface area (Å²) < 4.78 is 0.329. The van der Waals surface area contributed by atoms with E-state index in [1.165, 1.54) is 0 Å².